The molecule has 0 radical (unpaired) electrons. The Balaban J connectivity index is 3.10. The van der Waals surface area contributed by atoms with Crippen LogP contribution in [-0.4, -0.2) is 16.2 Å². The van der Waals surface area contributed by atoms with Crippen LogP contribution < -0.4 is 5.32 Å². The average molecular weight is 291 g/mol. The van der Waals surface area contributed by atoms with Gasteiger partial charge in [0.05, 0.1) is 4.92 Å². The molecular weight excluding hydrogens is 279 g/mol. The fraction of sp³-hybridized carbons (Fsp3) is 0.364. The van der Waals surface area contributed by atoms with Crippen molar-refractivity contribution in [1.29, 1.82) is 0 Å². The number of nitro groups is 1. The number of nitro benzene ring substituents is 1. The van der Waals surface area contributed by atoms with E-state index in [4.69, 9.17) is 23.2 Å². The highest BCUT2D eigenvalue weighted by atomic mass is 35.5. The number of hydrogen-bond donors (Lipinski definition) is 1. The molecule has 0 saturated carbocycles. The van der Waals surface area contributed by atoms with Crippen molar-refractivity contribution in [2.45, 2.75) is 19.9 Å². The lowest BCUT2D eigenvalue weighted by Gasteiger charge is -2.19. The largest absolute Gasteiger partial charge is 0.368 e. The quantitative estimate of drug-likeness (QED) is 0.512. The van der Waals surface area contributed by atoms with Crippen molar-refractivity contribution in [1.82, 2.24) is 0 Å². The van der Waals surface area contributed by atoms with E-state index in [2.05, 4.69) is 5.32 Å². The summed E-state index contributed by atoms with van der Waals surface area (Å²) < 4.78 is 0. The standard InChI is InChI=1S/C11H12Cl2N2O3/c1-6(2)10(11(13)16)14-8-4-3-7(12)5-9(8)15(17)18/h3-6,10,14H,1-2H3. The molecule has 0 bridgehead atoms. The van der Waals surface area contributed by atoms with Gasteiger partial charge in [-0.25, -0.2) is 0 Å². The van der Waals surface area contributed by atoms with Crippen LogP contribution in [0.2, 0.25) is 5.02 Å². The minimum Gasteiger partial charge on any atom is -0.368 e. The summed E-state index contributed by atoms with van der Waals surface area (Å²) in [4.78, 5) is 21.6. The number of anilines is 1. The van der Waals surface area contributed by atoms with Gasteiger partial charge in [0, 0.05) is 11.1 Å². The number of carbonyl (C=O) groups excluding carboxylic acids is 1. The van der Waals surface area contributed by atoms with Gasteiger partial charge in [-0.05, 0) is 29.7 Å². The summed E-state index contributed by atoms with van der Waals surface area (Å²) in [5.74, 6) is -0.0923. The summed E-state index contributed by atoms with van der Waals surface area (Å²) >= 11 is 11.2. The van der Waals surface area contributed by atoms with E-state index in [0.29, 0.717) is 0 Å². The third-order valence-corrected chi connectivity index (χ3v) is 2.85. The second-order valence-electron chi connectivity index (χ2n) is 4.09. The highest BCUT2D eigenvalue weighted by molar-refractivity contribution is 6.65. The Hall–Kier alpha value is -1.33. The Kier molecular flexibility index (Phi) is 4.93. The van der Waals surface area contributed by atoms with Gasteiger partial charge >= 0.3 is 0 Å². The van der Waals surface area contributed by atoms with E-state index < -0.39 is 16.2 Å². The van der Waals surface area contributed by atoms with Crippen LogP contribution in [-0.2, 0) is 4.79 Å². The Bertz CT molecular complexity index is 477. The molecule has 0 aliphatic heterocycles. The molecule has 0 aliphatic rings. The maximum atomic E-state index is 11.2. The first-order valence-corrected chi connectivity index (χ1v) is 5.98. The molecule has 0 saturated heterocycles. The van der Waals surface area contributed by atoms with Crippen molar-refractivity contribution in [3.8, 4) is 0 Å². The SMILES string of the molecule is CC(C)C(Nc1ccc(Cl)cc1[N+](=O)[O-])C(=O)Cl. The zero-order valence-electron chi connectivity index (χ0n) is 9.81. The summed E-state index contributed by atoms with van der Waals surface area (Å²) in [6.07, 6.45) is 0. The van der Waals surface area contributed by atoms with Gasteiger partial charge in [0.1, 0.15) is 11.7 Å². The highest BCUT2D eigenvalue weighted by Crippen LogP contribution is 2.29. The number of rotatable bonds is 5. The van der Waals surface area contributed by atoms with Crippen molar-refractivity contribution in [2.75, 3.05) is 5.32 Å². The molecule has 0 aliphatic carbocycles. The zero-order valence-corrected chi connectivity index (χ0v) is 11.3. The van der Waals surface area contributed by atoms with Crippen molar-refractivity contribution in [2.24, 2.45) is 5.92 Å². The normalized spacial score (nSPS) is 12.3. The molecule has 98 valence electrons. The summed E-state index contributed by atoms with van der Waals surface area (Å²) in [7, 11) is 0. The topological polar surface area (TPSA) is 72.2 Å². The smallest absolute Gasteiger partial charge is 0.293 e. The van der Waals surface area contributed by atoms with Gasteiger partial charge in [0.15, 0.2) is 0 Å². The molecule has 0 fully saturated rings. The van der Waals surface area contributed by atoms with Crippen LogP contribution in [0, 0.1) is 16.0 Å². The number of nitrogens with one attached hydrogen (secondary N) is 1. The van der Waals surface area contributed by atoms with Crippen molar-refractivity contribution in [3.05, 3.63) is 33.3 Å². The maximum Gasteiger partial charge on any atom is 0.293 e. The van der Waals surface area contributed by atoms with Crippen LogP contribution in [0.3, 0.4) is 0 Å². The molecule has 1 atom stereocenters. The van der Waals surface area contributed by atoms with Gasteiger partial charge < -0.3 is 5.32 Å². The van der Waals surface area contributed by atoms with Crippen LogP contribution in [0.5, 0.6) is 0 Å². The molecule has 0 heterocycles. The van der Waals surface area contributed by atoms with Gasteiger partial charge in [-0.3, -0.25) is 14.9 Å². The maximum absolute atomic E-state index is 11.2. The van der Waals surface area contributed by atoms with E-state index in [-0.39, 0.29) is 22.3 Å². The van der Waals surface area contributed by atoms with Gasteiger partial charge in [0.2, 0.25) is 5.24 Å². The molecule has 1 N–H and O–H groups in total. The summed E-state index contributed by atoms with van der Waals surface area (Å²) in [6.45, 7) is 3.58. The lowest BCUT2D eigenvalue weighted by molar-refractivity contribution is -0.384. The Labute approximate surface area is 114 Å². The first-order chi connectivity index (χ1) is 8.32. The Morgan fingerprint density at radius 3 is 2.50 bits per heavy atom. The molecule has 0 spiro atoms. The Morgan fingerprint density at radius 1 is 1.44 bits per heavy atom. The van der Waals surface area contributed by atoms with Crippen molar-refractivity contribution >= 4 is 39.8 Å². The molecule has 0 amide bonds. The van der Waals surface area contributed by atoms with E-state index in [1.165, 1.54) is 18.2 Å². The van der Waals surface area contributed by atoms with E-state index in [1.54, 1.807) is 13.8 Å². The summed E-state index contributed by atoms with van der Waals surface area (Å²) in [5, 5.41) is 13.3. The summed E-state index contributed by atoms with van der Waals surface area (Å²) in [5.41, 5.74) is 0.0307. The molecule has 5 nitrogen and oxygen atoms in total. The lowest BCUT2D eigenvalue weighted by Crippen LogP contribution is -2.31. The molecule has 1 aromatic rings. The predicted octanol–water partition coefficient (Wildman–Crippen LogP) is 3.45. The van der Waals surface area contributed by atoms with Crippen LogP contribution in [0.4, 0.5) is 11.4 Å². The lowest BCUT2D eigenvalue weighted by atomic mass is 10.1. The van der Waals surface area contributed by atoms with Crippen LogP contribution >= 0.6 is 23.2 Å². The highest BCUT2D eigenvalue weighted by Gasteiger charge is 2.24. The minimum atomic E-state index is -0.688. The number of hydrogen-bond acceptors (Lipinski definition) is 4. The molecule has 0 aromatic heterocycles. The van der Waals surface area contributed by atoms with Gasteiger partial charge in [-0.1, -0.05) is 25.4 Å². The third kappa shape index (κ3) is 3.58. The van der Waals surface area contributed by atoms with Crippen LogP contribution in [0.25, 0.3) is 0 Å². The monoisotopic (exact) mass is 290 g/mol. The number of carbonyl (C=O) groups is 1. The average Bonchev–Trinajstić information content (AvgIpc) is 2.25. The minimum absolute atomic E-state index is 0.0923. The first kappa shape index (κ1) is 14.7. The van der Waals surface area contributed by atoms with Crippen LogP contribution in [0.15, 0.2) is 18.2 Å². The van der Waals surface area contributed by atoms with Gasteiger partial charge in [-0.15, -0.1) is 0 Å². The van der Waals surface area contributed by atoms with Crippen molar-refractivity contribution < 1.29 is 9.72 Å². The molecule has 7 heteroatoms. The van der Waals surface area contributed by atoms with E-state index >= 15 is 0 Å². The van der Waals surface area contributed by atoms with E-state index in [1.807, 2.05) is 0 Å². The third-order valence-electron chi connectivity index (χ3n) is 2.38. The van der Waals surface area contributed by atoms with E-state index in [9.17, 15) is 14.9 Å². The summed E-state index contributed by atoms with van der Waals surface area (Å²) in [6, 6.07) is 3.49. The predicted molar refractivity (Wildman–Crippen MR) is 71.2 cm³/mol. The zero-order chi connectivity index (χ0) is 13.9. The molecule has 18 heavy (non-hydrogen) atoms. The number of nitrogens with zero attached hydrogens (tertiary/aromatic N) is 1. The molecule has 1 unspecified atom stereocenters. The Morgan fingerprint density at radius 2 is 2.06 bits per heavy atom. The van der Waals surface area contributed by atoms with Crippen LogP contribution in [0.1, 0.15) is 13.8 Å². The fourth-order valence-electron chi connectivity index (χ4n) is 1.43. The number of halogens is 2. The molecular formula is C11H12Cl2N2O3. The second kappa shape index (κ2) is 6.02. The first-order valence-electron chi connectivity index (χ1n) is 5.22. The second-order valence-corrected chi connectivity index (χ2v) is 4.90. The van der Waals surface area contributed by atoms with Crippen molar-refractivity contribution in [3.63, 3.8) is 0 Å². The number of benzene rings is 1. The fourth-order valence-corrected chi connectivity index (χ4v) is 1.90. The van der Waals surface area contributed by atoms with E-state index in [0.717, 1.165) is 0 Å². The van der Waals surface area contributed by atoms with Gasteiger partial charge in [-0.2, -0.15) is 0 Å². The molecule has 1 rings (SSSR count). The van der Waals surface area contributed by atoms with Gasteiger partial charge in [0.25, 0.3) is 5.69 Å². The molecule has 1 aromatic carbocycles.